The molecule has 7 nitrogen and oxygen atoms in total. The molecular weight excluding hydrogens is 450 g/mol. The zero-order chi connectivity index (χ0) is 23.3. The van der Waals surface area contributed by atoms with Crippen LogP contribution in [-0.2, 0) is 0 Å². The lowest BCUT2D eigenvalue weighted by Gasteiger charge is -2.37. The van der Waals surface area contributed by atoms with E-state index in [9.17, 15) is 4.79 Å². The maximum atomic E-state index is 13.1. The molecule has 178 valence electrons. The number of carbonyl (C=O) groups is 1. The average molecular weight is 480 g/mol. The van der Waals surface area contributed by atoms with Crippen molar-refractivity contribution in [3.8, 4) is 5.88 Å². The number of benzene rings is 1. The van der Waals surface area contributed by atoms with Crippen molar-refractivity contribution in [2.24, 2.45) is 0 Å². The Labute approximate surface area is 205 Å². The highest BCUT2D eigenvalue weighted by molar-refractivity contribution is 6.31. The van der Waals surface area contributed by atoms with Gasteiger partial charge in [-0.2, -0.15) is 0 Å². The Morgan fingerprint density at radius 3 is 2.68 bits per heavy atom. The van der Waals surface area contributed by atoms with Crippen molar-refractivity contribution in [1.82, 2.24) is 20.2 Å². The molecule has 0 spiro atoms. The number of pyridine rings is 2. The van der Waals surface area contributed by atoms with Crippen LogP contribution in [-0.4, -0.2) is 59.2 Å². The Morgan fingerprint density at radius 2 is 1.85 bits per heavy atom. The van der Waals surface area contributed by atoms with E-state index in [1.165, 1.54) is 0 Å². The summed E-state index contributed by atoms with van der Waals surface area (Å²) >= 11 is 6.13. The maximum absolute atomic E-state index is 13.1. The minimum atomic E-state index is 0.0227. The van der Waals surface area contributed by atoms with Gasteiger partial charge in [0, 0.05) is 73.2 Å². The van der Waals surface area contributed by atoms with Crippen LogP contribution >= 0.6 is 11.6 Å². The normalized spacial score (nSPS) is 21.2. The second-order valence-corrected chi connectivity index (χ2v) is 9.48. The molecule has 0 radical (unpaired) electrons. The largest absolute Gasteiger partial charge is 0.474 e. The van der Waals surface area contributed by atoms with Crippen LogP contribution in [0.25, 0.3) is 10.9 Å². The van der Waals surface area contributed by atoms with Crippen molar-refractivity contribution in [3.05, 3.63) is 59.9 Å². The standard InChI is InChI=1S/C26H30ClN5O2/c27-19-8-9-22-23(17-19)28-12-10-24(22)31-13-15-32(16-14-31)26(33)30-20-5-1-2-6-21(18-20)34-25-7-3-4-11-29-25/h3-4,7-12,17,20-21H,1-2,5-6,13-16,18H2,(H,30,33). The van der Waals surface area contributed by atoms with Crippen molar-refractivity contribution in [2.45, 2.75) is 44.2 Å². The molecule has 1 saturated heterocycles. The van der Waals surface area contributed by atoms with Crippen molar-refractivity contribution in [2.75, 3.05) is 31.1 Å². The van der Waals surface area contributed by atoms with Gasteiger partial charge < -0.3 is 19.9 Å². The van der Waals surface area contributed by atoms with Crippen LogP contribution in [0, 0.1) is 0 Å². The van der Waals surface area contributed by atoms with E-state index < -0.39 is 0 Å². The van der Waals surface area contributed by atoms with Gasteiger partial charge in [0.1, 0.15) is 6.10 Å². The highest BCUT2D eigenvalue weighted by atomic mass is 35.5. The van der Waals surface area contributed by atoms with Crippen molar-refractivity contribution in [3.63, 3.8) is 0 Å². The number of fused-ring (bicyclic) bond motifs is 1. The second-order valence-electron chi connectivity index (χ2n) is 9.04. The lowest BCUT2D eigenvalue weighted by atomic mass is 10.1. The molecule has 1 aliphatic carbocycles. The third-order valence-corrected chi connectivity index (χ3v) is 6.95. The summed E-state index contributed by atoms with van der Waals surface area (Å²) in [6.45, 7) is 2.93. The van der Waals surface area contributed by atoms with E-state index >= 15 is 0 Å². The molecule has 1 aromatic carbocycles. The number of aromatic nitrogens is 2. The van der Waals surface area contributed by atoms with Gasteiger partial charge in [-0.05, 0) is 49.6 Å². The fourth-order valence-corrected chi connectivity index (χ4v) is 5.11. The van der Waals surface area contributed by atoms with Crippen LogP contribution in [0.4, 0.5) is 10.5 Å². The summed E-state index contributed by atoms with van der Waals surface area (Å²) in [6.07, 6.45) is 8.64. The number of piperazine rings is 1. The minimum Gasteiger partial charge on any atom is -0.474 e. The highest BCUT2D eigenvalue weighted by Crippen LogP contribution is 2.28. The number of ether oxygens (including phenoxy) is 1. The smallest absolute Gasteiger partial charge is 0.317 e. The topological polar surface area (TPSA) is 70.6 Å². The monoisotopic (exact) mass is 479 g/mol. The number of amides is 2. The first-order valence-corrected chi connectivity index (χ1v) is 12.5. The molecule has 2 aromatic heterocycles. The summed E-state index contributed by atoms with van der Waals surface area (Å²) in [6, 6.07) is 13.7. The Kier molecular flexibility index (Phi) is 7.00. The molecular formula is C26H30ClN5O2. The lowest BCUT2D eigenvalue weighted by Crippen LogP contribution is -2.53. The Hall–Kier alpha value is -3.06. The van der Waals surface area contributed by atoms with Gasteiger partial charge in [0.15, 0.2) is 0 Å². The summed E-state index contributed by atoms with van der Waals surface area (Å²) in [5, 5.41) is 5.05. The number of carbonyl (C=O) groups excluding carboxylic acids is 1. The summed E-state index contributed by atoms with van der Waals surface area (Å²) < 4.78 is 6.10. The van der Waals surface area contributed by atoms with Gasteiger partial charge in [0.05, 0.1) is 5.52 Å². The zero-order valence-corrected chi connectivity index (χ0v) is 20.0. The van der Waals surface area contributed by atoms with Crippen molar-refractivity contribution < 1.29 is 9.53 Å². The molecule has 8 heteroatoms. The molecule has 3 heterocycles. The van der Waals surface area contributed by atoms with E-state index in [2.05, 4.69) is 20.2 Å². The van der Waals surface area contributed by atoms with E-state index in [1.807, 2.05) is 53.6 Å². The number of anilines is 1. The van der Waals surface area contributed by atoms with Crippen LogP contribution in [0.5, 0.6) is 5.88 Å². The SMILES string of the molecule is O=C(NC1CCCCC(Oc2ccccn2)C1)N1CCN(c2ccnc3cc(Cl)ccc23)CC1. The Morgan fingerprint density at radius 1 is 1.00 bits per heavy atom. The molecule has 34 heavy (non-hydrogen) atoms. The molecule has 3 aromatic rings. The zero-order valence-electron chi connectivity index (χ0n) is 19.2. The van der Waals surface area contributed by atoms with Crippen LogP contribution in [0.1, 0.15) is 32.1 Å². The number of hydrogen-bond acceptors (Lipinski definition) is 5. The fraction of sp³-hybridized carbons (Fsp3) is 0.423. The van der Waals surface area contributed by atoms with E-state index in [4.69, 9.17) is 16.3 Å². The van der Waals surface area contributed by atoms with Crippen molar-refractivity contribution in [1.29, 1.82) is 0 Å². The molecule has 2 amide bonds. The molecule has 0 bridgehead atoms. The van der Waals surface area contributed by atoms with Gasteiger partial charge in [-0.15, -0.1) is 0 Å². The van der Waals surface area contributed by atoms with Gasteiger partial charge in [0.2, 0.25) is 5.88 Å². The minimum absolute atomic E-state index is 0.0227. The lowest BCUT2D eigenvalue weighted by molar-refractivity contribution is 0.159. The van der Waals surface area contributed by atoms with Gasteiger partial charge >= 0.3 is 6.03 Å². The van der Waals surface area contributed by atoms with Gasteiger partial charge in [-0.25, -0.2) is 9.78 Å². The quantitative estimate of drug-likeness (QED) is 0.539. The van der Waals surface area contributed by atoms with E-state index in [0.717, 1.165) is 61.8 Å². The average Bonchev–Trinajstić information content (AvgIpc) is 3.09. The molecule has 5 rings (SSSR count). The number of nitrogens with one attached hydrogen (secondary N) is 1. The third kappa shape index (κ3) is 5.36. The Bertz CT molecular complexity index is 1120. The van der Waals surface area contributed by atoms with Crippen LogP contribution in [0.2, 0.25) is 5.02 Å². The van der Waals surface area contributed by atoms with Gasteiger partial charge in [-0.1, -0.05) is 24.1 Å². The predicted octanol–water partition coefficient (Wildman–Crippen LogP) is 4.90. The molecule has 2 atom stereocenters. The van der Waals surface area contributed by atoms with E-state index in [1.54, 1.807) is 6.20 Å². The van der Waals surface area contributed by atoms with Gasteiger partial charge in [0.25, 0.3) is 0 Å². The number of nitrogens with zero attached hydrogens (tertiary/aromatic N) is 4. The first-order chi connectivity index (χ1) is 16.7. The molecule has 1 saturated carbocycles. The number of halogens is 1. The number of hydrogen-bond donors (Lipinski definition) is 1. The second kappa shape index (κ2) is 10.5. The summed E-state index contributed by atoms with van der Waals surface area (Å²) in [4.78, 5) is 26.0. The van der Waals surface area contributed by atoms with E-state index in [0.29, 0.717) is 24.0 Å². The first kappa shape index (κ1) is 22.7. The first-order valence-electron chi connectivity index (χ1n) is 12.1. The number of rotatable bonds is 4. The molecule has 1 aliphatic heterocycles. The summed E-state index contributed by atoms with van der Waals surface area (Å²) in [5.41, 5.74) is 2.03. The molecule has 2 aliphatic rings. The fourth-order valence-electron chi connectivity index (χ4n) is 4.94. The van der Waals surface area contributed by atoms with Crippen molar-refractivity contribution >= 4 is 34.2 Å². The van der Waals surface area contributed by atoms with Gasteiger partial charge in [-0.3, -0.25) is 4.98 Å². The molecule has 1 N–H and O–H groups in total. The van der Waals surface area contributed by atoms with E-state index in [-0.39, 0.29) is 18.2 Å². The number of urea groups is 1. The predicted molar refractivity (Wildman–Crippen MR) is 135 cm³/mol. The van der Waals surface area contributed by atoms with Crippen LogP contribution < -0.4 is 15.0 Å². The van der Waals surface area contributed by atoms with Crippen LogP contribution in [0.3, 0.4) is 0 Å². The maximum Gasteiger partial charge on any atom is 0.317 e. The Balaban J connectivity index is 1.17. The third-order valence-electron chi connectivity index (χ3n) is 6.72. The molecule has 2 fully saturated rings. The highest BCUT2D eigenvalue weighted by Gasteiger charge is 2.27. The van der Waals surface area contributed by atoms with Crippen LogP contribution in [0.15, 0.2) is 54.9 Å². The summed E-state index contributed by atoms with van der Waals surface area (Å²) in [7, 11) is 0. The summed E-state index contributed by atoms with van der Waals surface area (Å²) in [5.74, 6) is 0.654. The molecule has 2 unspecified atom stereocenters.